The van der Waals surface area contributed by atoms with Crippen LogP contribution >= 0.6 is 0 Å². The molecule has 0 saturated carbocycles. The van der Waals surface area contributed by atoms with Crippen molar-refractivity contribution in [2.75, 3.05) is 20.3 Å². The minimum Gasteiger partial charge on any atom is -0.399 e. The van der Waals surface area contributed by atoms with Gasteiger partial charge in [0.05, 0.1) is 25.9 Å². The van der Waals surface area contributed by atoms with E-state index in [0.717, 1.165) is 20.5 Å². The van der Waals surface area contributed by atoms with Gasteiger partial charge in [0, 0.05) is 18.9 Å². The Kier molecular flexibility index (Phi) is 11.9. The van der Waals surface area contributed by atoms with E-state index in [4.69, 9.17) is 23.4 Å². The van der Waals surface area contributed by atoms with Crippen molar-refractivity contribution in [1.82, 2.24) is 9.13 Å². The molecule has 49 heavy (non-hydrogen) atoms. The SMILES string of the molecule is COCCO[C@@H]1[C@H](O[Si](c2ccccc2)(c2ccccc2)C(C)(C)C)[C@@H]([C@@H](C)O)O[C@H]1n1cc(C)c(=O)n(COCc2ccccc2)c1=O. The number of aromatic nitrogens is 2. The second kappa shape index (κ2) is 15.9. The van der Waals surface area contributed by atoms with Crippen LogP contribution in [0.15, 0.2) is 107 Å². The summed E-state index contributed by atoms with van der Waals surface area (Å²) >= 11 is 0. The third-order valence-corrected chi connectivity index (χ3v) is 14.0. The van der Waals surface area contributed by atoms with Gasteiger partial charge in [-0.2, -0.15) is 0 Å². The van der Waals surface area contributed by atoms with Crippen molar-refractivity contribution in [2.24, 2.45) is 0 Å². The van der Waals surface area contributed by atoms with Gasteiger partial charge in [0.1, 0.15) is 25.0 Å². The Bertz CT molecular complexity index is 1720. The monoisotopic (exact) mass is 688 g/mol. The van der Waals surface area contributed by atoms with E-state index in [0.29, 0.717) is 5.56 Å². The molecule has 5 rings (SSSR count). The molecule has 2 heterocycles. The Morgan fingerprint density at radius 1 is 0.878 bits per heavy atom. The lowest BCUT2D eigenvalue weighted by atomic mass is 10.1. The van der Waals surface area contributed by atoms with E-state index in [1.807, 2.05) is 66.7 Å². The van der Waals surface area contributed by atoms with Crippen LogP contribution in [0.3, 0.4) is 0 Å². The third-order valence-electron chi connectivity index (χ3n) is 9.00. The van der Waals surface area contributed by atoms with Gasteiger partial charge < -0.3 is 28.5 Å². The van der Waals surface area contributed by atoms with E-state index in [1.165, 1.54) is 10.8 Å². The molecule has 1 saturated heterocycles. The number of methoxy groups -OCH3 is 1. The molecule has 3 aromatic carbocycles. The maximum Gasteiger partial charge on any atom is 0.335 e. The fourth-order valence-corrected chi connectivity index (χ4v) is 11.3. The molecule has 1 aromatic heterocycles. The molecule has 0 unspecified atom stereocenters. The molecule has 0 bridgehead atoms. The number of benzene rings is 3. The lowest BCUT2D eigenvalue weighted by Crippen LogP contribution is -2.69. The zero-order chi connectivity index (χ0) is 35.2. The minimum absolute atomic E-state index is 0.182. The predicted molar refractivity (Wildman–Crippen MR) is 191 cm³/mol. The first kappa shape index (κ1) is 36.6. The minimum atomic E-state index is -3.18. The molecule has 1 N–H and O–H groups in total. The quantitative estimate of drug-likeness (QED) is 0.158. The number of hydrogen-bond donors (Lipinski definition) is 1. The summed E-state index contributed by atoms with van der Waals surface area (Å²) in [5, 5.41) is 12.9. The van der Waals surface area contributed by atoms with Crippen LogP contribution in [0.5, 0.6) is 0 Å². The van der Waals surface area contributed by atoms with Crippen molar-refractivity contribution in [3.05, 3.63) is 129 Å². The van der Waals surface area contributed by atoms with Crippen LogP contribution in [0.2, 0.25) is 5.04 Å². The number of aliphatic hydroxyl groups is 1. The van der Waals surface area contributed by atoms with E-state index in [-0.39, 0.29) is 31.6 Å². The first-order valence-corrected chi connectivity index (χ1v) is 18.6. The summed E-state index contributed by atoms with van der Waals surface area (Å²) in [5.41, 5.74) is 0.158. The van der Waals surface area contributed by atoms with E-state index < -0.39 is 50.2 Å². The van der Waals surface area contributed by atoms with Crippen molar-refractivity contribution in [3.63, 3.8) is 0 Å². The maximum atomic E-state index is 14.1. The van der Waals surface area contributed by atoms with Crippen LogP contribution in [-0.4, -0.2) is 67.3 Å². The molecule has 0 spiro atoms. The van der Waals surface area contributed by atoms with Gasteiger partial charge in [-0.15, -0.1) is 0 Å². The average molecular weight is 689 g/mol. The molecule has 4 aromatic rings. The van der Waals surface area contributed by atoms with Crippen molar-refractivity contribution in [1.29, 1.82) is 0 Å². The zero-order valence-electron chi connectivity index (χ0n) is 29.2. The van der Waals surface area contributed by atoms with Crippen LogP contribution < -0.4 is 21.6 Å². The smallest absolute Gasteiger partial charge is 0.335 e. The number of aryl methyl sites for hydroxylation is 1. The van der Waals surface area contributed by atoms with Crippen molar-refractivity contribution in [2.45, 2.75) is 83.6 Å². The predicted octanol–water partition coefficient (Wildman–Crippen LogP) is 3.75. The van der Waals surface area contributed by atoms with Gasteiger partial charge >= 0.3 is 5.69 Å². The molecule has 0 radical (unpaired) electrons. The maximum absolute atomic E-state index is 14.1. The molecule has 1 aliphatic rings. The summed E-state index contributed by atoms with van der Waals surface area (Å²) in [6.07, 6.45) is -3.08. The summed E-state index contributed by atoms with van der Waals surface area (Å²) in [6, 6.07) is 29.9. The van der Waals surface area contributed by atoms with Gasteiger partial charge in [-0.05, 0) is 34.8 Å². The Balaban J connectivity index is 1.61. The number of rotatable bonds is 14. The lowest BCUT2D eigenvalue weighted by Gasteiger charge is -2.46. The molecule has 0 amide bonds. The first-order chi connectivity index (χ1) is 23.5. The van der Waals surface area contributed by atoms with Gasteiger partial charge in [-0.3, -0.25) is 9.36 Å². The average Bonchev–Trinajstić information content (AvgIpc) is 3.45. The Hall–Kier alpha value is -3.68. The van der Waals surface area contributed by atoms with Gasteiger partial charge in [-0.25, -0.2) is 9.36 Å². The van der Waals surface area contributed by atoms with Crippen LogP contribution in [0.4, 0.5) is 0 Å². The molecule has 5 atom stereocenters. The zero-order valence-corrected chi connectivity index (χ0v) is 30.2. The van der Waals surface area contributed by atoms with Crippen molar-refractivity contribution < 1.29 is 28.5 Å². The van der Waals surface area contributed by atoms with E-state index in [9.17, 15) is 14.7 Å². The van der Waals surface area contributed by atoms with Gasteiger partial charge in [-0.1, -0.05) is 112 Å². The van der Waals surface area contributed by atoms with Crippen molar-refractivity contribution in [3.8, 4) is 0 Å². The van der Waals surface area contributed by atoms with Gasteiger partial charge in [0.15, 0.2) is 6.23 Å². The highest BCUT2D eigenvalue weighted by Gasteiger charge is 2.58. The fraction of sp³-hybridized carbons (Fsp3) is 0.421. The summed E-state index contributed by atoms with van der Waals surface area (Å²) in [7, 11) is -1.60. The Morgan fingerprint density at radius 3 is 1.98 bits per heavy atom. The van der Waals surface area contributed by atoms with E-state index in [2.05, 4.69) is 45.0 Å². The van der Waals surface area contributed by atoms with Crippen LogP contribution in [0.1, 0.15) is 45.0 Å². The highest BCUT2D eigenvalue weighted by atomic mass is 28.4. The number of ether oxygens (including phenoxy) is 4. The largest absolute Gasteiger partial charge is 0.399 e. The molecule has 1 aliphatic heterocycles. The van der Waals surface area contributed by atoms with Crippen molar-refractivity contribution >= 4 is 18.7 Å². The summed E-state index contributed by atoms with van der Waals surface area (Å²) in [6.45, 7) is 10.2. The highest BCUT2D eigenvalue weighted by molar-refractivity contribution is 6.99. The summed E-state index contributed by atoms with van der Waals surface area (Å²) in [4.78, 5) is 27.4. The second-order valence-corrected chi connectivity index (χ2v) is 17.8. The molecule has 11 heteroatoms. The normalized spacial score (nSPS) is 20.4. The molecule has 262 valence electrons. The fourth-order valence-electron chi connectivity index (χ4n) is 6.63. The Labute approximate surface area is 288 Å². The molecule has 10 nitrogen and oxygen atoms in total. The molecule has 0 aliphatic carbocycles. The first-order valence-electron chi connectivity index (χ1n) is 16.7. The van der Waals surface area contributed by atoms with Gasteiger partial charge in [0.25, 0.3) is 13.9 Å². The van der Waals surface area contributed by atoms with E-state index in [1.54, 1.807) is 21.0 Å². The van der Waals surface area contributed by atoms with Crippen LogP contribution in [0.25, 0.3) is 0 Å². The molecular weight excluding hydrogens is 641 g/mol. The standard InChI is InChI=1S/C38H48N2O8Si/c1-27-24-39(37(43)40(35(27)42)26-45-25-29-16-10-7-11-17-29)36-34(46-23-22-44-6)33(32(47-36)28(2)41)48-49(38(3,4)5,30-18-12-8-13-19-30)31-20-14-9-15-21-31/h7-21,24,28,32-34,36,41H,22-23,25-26H2,1-6H3/t28-,32-,33-,34-,36-/m1/s1. The van der Waals surface area contributed by atoms with Crippen LogP contribution in [0, 0.1) is 6.92 Å². The third kappa shape index (κ3) is 7.73. The van der Waals surface area contributed by atoms with Gasteiger partial charge in [0.2, 0.25) is 0 Å². The Morgan fingerprint density at radius 2 is 1.45 bits per heavy atom. The highest BCUT2D eigenvalue weighted by Crippen LogP contribution is 2.42. The molecular formula is C38H48N2O8Si. The second-order valence-electron chi connectivity index (χ2n) is 13.5. The summed E-state index contributed by atoms with van der Waals surface area (Å²) < 4.78 is 34.2. The lowest BCUT2D eigenvalue weighted by molar-refractivity contribution is -0.0914. The number of nitrogens with zero attached hydrogens (tertiary/aromatic N) is 2. The van der Waals surface area contributed by atoms with E-state index >= 15 is 0 Å². The number of aliphatic hydroxyl groups excluding tert-OH is 1. The summed E-state index contributed by atoms with van der Waals surface area (Å²) in [5.74, 6) is 0. The number of hydrogen-bond acceptors (Lipinski definition) is 8. The molecule has 1 fully saturated rings. The van der Waals surface area contributed by atoms with Crippen LogP contribution in [-0.2, 0) is 36.7 Å². The topological polar surface area (TPSA) is 110 Å².